The van der Waals surface area contributed by atoms with Gasteiger partial charge in [0.1, 0.15) is 17.2 Å². The molecule has 0 saturated heterocycles. The smallest absolute Gasteiger partial charge is 0.290 e. The Morgan fingerprint density at radius 3 is 2.73 bits per heavy atom. The highest BCUT2D eigenvalue weighted by Gasteiger charge is 2.38. The van der Waals surface area contributed by atoms with E-state index in [9.17, 15) is 26.8 Å². The van der Waals surface area contributed by atoms with Crippen LogP contribution < -0.4 is 15.3 Å². The zero-order chi connectivity index (χ0) is 19.4. The number of alkyl halides is 3. The monoisotopic (exact) mass is 396 g/mol. The molecule has 10 nitrogen and oxygen atoms in total. The molecule has 0 fully saturated rings. The van der Waals surface area contributed by atoms with E-state index in [2.05, 4.69) is 19.9 Å². The number of hydrogen-bond donors (Lipinski definition) is 4. The van der Waals surface area contributed by atoms with E-state index < -0.39 is 22.3 Å². The molecule has 14 heteroatoms. The van der Waals surface area contributed by atoms with Gasteiger partial charge in [0.15, 0.2) is 0 Å². The Hall–Kier alpha value is -2.29. The molecule has 1 aromatic rings. The minimum atomic E-state index is -4.40. The second-order valence-electron chi connectivity index (χ2n) is 5.27. The maximum Gasteiger partial charge on any atom is 0.395 e. The first-order chi connectivity index (χ1) is 12.1. The third-order valence-corrected chi connectivity index (χ3v) is 3.85. The third-order valence-electron chi connectivity index (χ3n) is 3.30. The SMILES string of the molecule is NS(=O)(=O)NCc1nonc1CC(=NC1=CC=C[C@H](C(F)(F)F)C1)NO. The fraction of sp³-hybridized carbons (Fsp3) is 0.417. The van der Waals surface area contributed by atoms with Crippen molar-refractivity contribution in [1.82, 2.24) is 20.5 Å². The second kappa shape index (κ2) is 7.94. The average molecular weight is 396 g/mol. The summed E-state index contributed by atoms with van der Waals surface area (Å²) in [5, 5.41) is 21.0. The molecule has 0 aliphatic heterocycles. The van der Waals surface area contributed by atoms with Crippen molar-refractivity contribution in [2.45, 2.75) is 25.6 Å². The molecule has 1 atom stereocenters. The van der Waals surface area contributed by atoms with Gasteiger partial charge in [-0.3, -0.25) is 10.7 Å². The molecule has 1 heterocycles. The van der Waals surface area contributed by atoms with Gasteiger partial charge in [0.25, 0.3) is 10.2 Å². The van der Waals surface area contributed by atoms with Crippen molar-refractivity contribution in [3.8, 4) is 0 Å². The van der Waals surface area contributed by atoms with Gasteiger partial charge in [-0.2, -0.15) is 26.3 Å². The molecule has 1 aliphatic carbocycles. The molecule has 1 aromatic heterocycles. The summed E-state index contributed by atoms with van der Waals surface area (Å²) in [6.07, 6.45) is -1.36. The Labute approximate surface area is 145 Å². The number of nitrogens with one attached hydrogen (secondary N) is 2. The van der Waals surface area contributed by atoms with Crippen molar-refractivity contribution in [2.75, 3.05) is 0 Å². The average Bonchev–Trinajstić information content (AvgIpc) is 2.98. The molecule has 0 aromatic carbocycles. The van der Waals surface area contributed by atoms with Crippen molar-refractivity contribution in [1.29, 1.82) is 0 Å². The summed E-state index contributed by atoms with van der Waals surface area (Å²) in [4.78, 5) is 3.94. The minimum absolute atomic E-state index is 0.0765. The van der Waals surface area contributed by atoms with Crippen LogP contribution in [-0.4, -0.2) is 36.0 Å². The maximum absolute atomic E-state index is 12.8. The number of aromatic nitrogens is 2. The zero-order valence-electron chi connectivity index (χ0n) is 13.1. The summed E-state index contributed by atoms with van der Waals surface area (Å²) >= 11 is 0. The highest BCUT2D eigenvalue weighted by atomic mass is 32.2. The predicted octanol–water partition coefficient (Wildman–Crippen LogP) is 0.305. The molecule has 2 rings (SSSR count). The fourth-order valence-electron chi connectivity index (χ4n) is 2.07. The summed E-state index contributed by atoms with van der Waals surface area (Å²) in [6, 6.07) is 0. The fourth-order valence-corrected chi connectivity index (χ4v) is 2.41. The molecule has 26 heavy (non-hydrogen) atoms. The van der Waals surface area contributed by atoms with Crippen LogP contribution in [0.4, 0.5) is 13.2 Å². The van der Waals surface area contributed by atoms with Crippen molar-refractivity contribution < 1.29 is 31.4 Å². The van der Waals surface area contributed by atoms with Crippen LogP contribution in [0.1, 0.15) is 17.8 Å². The molecule has 0 bridgehead atoms. The first-order valence-electron chi connectivity index (χ1n) is 7.08. The van der Waals surface area contributed by atoms with Crippen molar-refractivity contribution >= 4 is 16.0 Å². The first kappa shape index (κ1) is 20.0. The Bertz CT molecular complexity index is 830. The van der Waals surface area contributed by atoms with Gasteiger partial charge < -0.3 is 0 Å². The number of amidine groups is 1. The van der Waals surface area contributed by atoms with Gasteiger partial charge in [0, 0.05) is 12.1 Å². The van der Waals surface area contributed by atoms with E-state index in [1.165, 1.54) is 12.2 Å². The lowest BCUT2D eigenvalue weighted by Gasteiger charge is -2.19. The second-order valence-corrected chi connectivity index (χ2v) is 6.64. The normalized spacial score (nSPS) is 18.7. The van der Waals surface area contributed by atoms with Crippen LogP contribution in [0.2, 0.25) is 0 Å². The number of hydrogen-bond acceptors (Lipinski definition) is 7. The van der Waals surface area contributed by atoms with Gasteiger partial charge in [-0.05, 0) is 6.08 Å². The molecule has 0 amide bonds. The van der Waals surface area contributed by atoms with Crippen LogP contribution in [0.15, 0.2) is 33.5 Å². The van der Waals surface area contributed by atoms with Crippen molar-refractivity contribution in [2.24, 2.45) is 16.0 Å². The Morgan fingerprint density at radius 1 is 1.42 bits per heavy atom. The van der Waals surface area contributed by atoms with Crippen molar-refractivity contribution in [3.05, 3.63) is 35.3 Å². The standard InChI is InChI=1S/C12H15F3N6O4S/c13-12(14,15)7-2-1-3-8(4-7)18-11(19-22)5-9-10(21-25-20-9)6-17-26(16,23)24/h1-3,7,17,22H,4-6H2,(H,18,19)(H2,16,23,24)/t7-/m0/s1. The number of rotatable bonds is 6. The van der Waals surface area contributed by atoms with Crippen LogP contribution in [-0.2, 0) is 23.2 Å². The summed E-state index contributed by atoms with van der Waals surface area (Å²) < 4.78 is 66.6. The van der Waals surface area contributed by atoms with E-state index in [4.69, 9.17) is 5.14 Å². The quantitative estimate of drug-likeness (QED) is 0.306. The van der Waals surface area contributed by atoms with E-state index in [1.54, 1.807) is 5.48 Å². The maximum atomic E-state index is 12.8. The summed E-state index contributed by atoms with van der Waals surface area (Å²) in [7, 11) is -3.97. The van der Waals surface area contributed by atoms with Crippen LogP contribution in [0.25, 0.3) is 0 Å². The van der Waals surface area contributed by atoms with Crippen LogP contribution in [0.3, 0.4) is 0 Å². The van der Waals surface area contributed by atoms with E-state index in [0.717, 1.165) is 6.08 Å². The van der Waals surface area contributed by atoms with Crippen LogP contribution >= 0.6 is 0 Å². The lowest BCUT2D eigenvalue weighted by Crippen LogP contribution is -2.31. The molecule has 0 saturated carbocycles. The lowest BCUT2D eigenvalue weighted by atomic mass is 9.98. The minimum Gasteiger partial charge on any atom is -0.290 e. The van der Waals surface area contributed by atoms with E-state index >= 15 is 0 Å². The molecular weight excluding hydrogens is 381 g/mol. The van der Waals surface area contributed by atoms with E-state index in [-0.39, 0.29) is 42.3 Å². The van der Waals surface area contributed by atoms with Gasteiger partial charge in [0.05, 0.1) is 18.9 Å². The number of nitrogens with zero attached hydrogens (tertiary/aromatic N) is 3. The molecule has 0 spiro atoms. The molecule has 144 valence electrons. The summed E-state index contributed by atoms with van der Waals surface area (Å²) in [5.41, 5.74) is 2.05. The van der Waals surface area contributed by atoms with Gasteiger partial charge in [0.2, 0.25) is 0 Å². The number of halogens is 3. The van der Waals surface area contributed by atoms with Gasteiger partial charge >= 0.3 is 6.18 Å². The lowest BCUT2D eigenvalue weighted by molar-refractivity contribution is -0.160. The molecule has 1 aliphatic rings. The highest BCUT2D eigenvalue weighted by Crippen LogP contribution is 2.34. The van der Waals surface area contributed by atoms with Crippen LogP contribution in [0, 0.1) is 5.92 Å². The van der Waals surface area contributed by atoms with Gasteiger partial charge in [-0.25, -0.2) is 14.8 Å². The van der Waals surface area contributed by atoms with E-state index in [0.29, 0.717) is 0 Å². The van der Waals surface area contributed by atoms with Crippen LogP contribution in [0.5, 0.6) is 0 Å². The van der Waals surface area contributed by atoms with Gasteiger partial charge in [-0.15, -0.1) is 0 Å². The first-order valence-corrected chi connectivity index (χ1v) is 8.62. The Kier molecular flexibility index (Phi) is 6.12. The van der Waals surface area contributed by atoms with E-state index in [1.807, 2.05) is 4.72 Å². The third kappa shape index (κ3) is 5.91. The molecule has 0 unspecified atom stereocenters. The predicted molar refractivity (Wildman–Crippen MR) is 81.7 cm³/mol. The largest absolute Gasteiger partial charge is 0.395 e. The Balaban J connectivity index is 2.11. The number of nitrogens with two attached hydrogens (primary N) is 1. The molecule has 5 N–H and O–H groups in total. The topological polar surface area (TPSA) is 156 Å². The number of allylic oxidation sites excluding steroid dienone is 4. The zero-order valence-corrected chi connectivity index (χ0v) is 13.9. The number of hydroxylamine groups is 1. The molecule has 0 radical (unpaired) electrons. The summed E-state index contributed by atoms with van der Waals surface area (Å²) in [5.74, 6) is -1.80. The summed E-state index contributed by atoms with van der Waals surface area (Å²) in [6.45, 7) is -0.321. The number of aliphatic imine (C=N–C) groups is 1. The molecular formula is C12H15F3N6O4S. The van der Waals surface area contributed by atoms with Crippen molar-refractivity contribution in [3.63, 3.8) is 0 Å². The van der Waals surface area contributed by atoms with Gasteiger partial charge in [-0.1, -0.05) is 22.5 Å². The Morgan fingerprint density at radius 2 is 2.12 bits per heavy atom. The highest BCUT2D eigenvalue weighted by molar-refractivity contribution is 7.87.